The second-order valence-electron chi connectivity index (χ2n) is 2.13. The fourth-order valence-corrected chi connectivity index (χ4v) is 0.604. The molecule has 0 aromatic heterocycles. The first-order chi connectivity index (χ1) is 5.15. The van der Waals surface area contributed by atoms with Crippen LogP contribution >= 0.6 is 0 Å². The van der Waals surface area contributed by atoms with Crippen molar-refractivity contribution in [1.82, 2.24) is 0 Å². The maximum absolute atomic E-state index is 8.56. The molecule has 0 atom stereocenters. The quantitative estimate of drug-likeness (QED) is 0.229. The van der Waals surface area contributed by atoms with Crippen LogP contribution < -0.4 is 51.4 Å². The van der Waals surface area contributed by atoms with Gasteiger partial charge in [-0.2, -0.15) is 0 Å². The predicted octanol–water partition coefficient (Wildman–Crippen LogP) is -0.436. The number of hydrogen-bond donors (Lipinski definition) is 1. The molecule has 0 aromatic carbocycles. The van der Waals surface area contributed by atoms with E-state index in [2.05, 4.69) is 13.8 Å². The van der Waals surface area contributed by atoms with Crippen LogP contribution in [0.3, 0.4) is 0 Å². The average molecular weight is 219 g/mol. The van der Waals surface area contributed by atoms with Gasteiger partial charge in [-0.05, 0) is 0 Å². The zero-order chi connectivity index (χ0) is 9.11. The molecule has 5 heteroatoms. The molecular weight excluding hydrogens is 203 g/mol. The van der Waals surface area contributed by atoms with E-state index < -0.39 is 11.0 Å². The summed E-state index contributed by atoms with van der Waals surface area (Å²) in [7, 11) is -2.86. The van der Waals surface area contributed by atoms with Crippen molar-refractivity contribution >= 4 is 11.0 Å². The molecule has 0 heterocycles. The van der Waals surface area contributed by atoms with Crippen LogP contribution in [0, 0.1) is 6.92 Å². The summed E-state index contributed by atoms with van der Waals surface area (Å²) in [5.74, 6) is 0. The standard InChI is InChI=1S/C7H15.K.HO3S/c1-3-5-7-6-4-2;;1-4(2)3/h1,3-7H2,2H3;;(H,1,2,3)/q;+1;-1. The minimum absolute atomic E-state index is 0. The van der Waals surface area contributed by atoms with E-state index in [1.807, 2.05) is 0 Å². The normalized spacial score (nSPS) is 8.33. The molecule has 0 spiro atoms. The summed E-state index contributed by atoms with van der Waals surface area (Å²) < 4.78 is 24.1. The van der Waals surface area contributed by atoms with Crippen LogP contribution in [-0.2, 0) is 19.4 Å². The van der Waals surface area contributed by atoms with Crippen molar-refractivity contribution in [3.05, 3.63) is 6.92 Å². The molecule has 1 radical (unpaired) electrons. The van der Waals surface area contributed by atoms with E-state index in [0.717, 1.165) is 6.42 Å². The van der Waals surface area contributed by atoms with Crippen molar-refractivity contribution < 1.29 is 64.4 Å². The van der Waals surface area contributed by atoms with Gasteiger partial charge in [0, 0.05) is 11.0 Å². The fourth-order valence-electron chi connectivity index (χ4n) is 0.604. The first-order valence-electron chi connectivity index (χ1n) is 3.72. The van der Waals surface area contributed by atoms with Gasteiger partial charge in [0.15, 0.2) is 0 Å². The second-order valence-corrected chi connectivity index (χ2v) is 2.57. The molecular formula is C7H16KO3S. The van der Waals surface area contributed by atoms with Crippen molar-refractivity contribution in [1.29, 1.82) is 0 Å². The third-order valence-corrected chi connectivity index (χ3v) is 1.10. The van der Waals surface area contributed by atoms with Gasteiger partial charge in [0.2, 0.25) is 0 Å². The van der Waals surface area contributed by atoms with Crippen molar-refractivity contribution in [2.45, 2.75) is 39.0 Å². The number of rotatable bonds is 4. The monoisotopic (exact) mass is 219 g/mol. The minimum Gasteiger partial charge on any atom is -0.439 e. The van der Waals surface area contributed by atoms with E-state index in [1.165, 1.54) is 25.7 Å². The molecule has 0 saturated carbocycles. The van der Waals surface area contributed by atoms with Crippen LogP contribution in [-0.4, -0.2) is 4.55 Å². The first kappa shape index (κ1) is 19.2. The zero-order valence-electron chi connectivity index (χ0n) is 7.91. The Morgan fingerprint density at radius 3 is 1.92 bits per heavy atom. The molecule has 0 unspecified atom stereocenters. The summed E-state index contributed by atoms with van der Waals surface area (Å²) in [5, 5.41) is 0. The summed E-state index contributed by atoms with van der Waals surface area (Å²) >= 11 is 0. The van der Waals surface area contributed by atoms with Gasteiger partial charge >= 0.3 is 51.4 Å². The van der Waals surface area contributed by atoms with Crippen molar-refractivity contribution in [2.24, 2.45) is 0 Å². The van der Waals surface area contributed by atoms with Gasteiger partial charge in [0.25, 0.3) is 0 Å². The topological polar surface area (TPSA) is 54.4 Å². The molecule has 0 bridgehead atoms. The first-order valence-corrected chi connectivity index (χ1v) is 4.75. The van der Waals surface area contributed by atoms with Crippen LogP contribution in [0.2, 0.25) is 0 Å². The van der Waals surface area contributed by atoms with E-state index in [0.29, 0.717) is 0 Å². The van der Waals surface area contributed by atoms with Crippen LogP contribution in [0.15, 0.2) is 0 Å². The Balaban J connectivity index is -0.000000142. The summed E-state index contributed by atoms with van der Waals surface area (Å²) in [6, 6.07) is 0. The van der Waals surface area contributed by atoms with E-state index in [9.17, 15) is 0 Å². The van der Waals surface area contributed by atoms with Gasteiger partial charge in [-0.25, -0.2) is 0 Å². The molecule has 1 N–H and O–H groups in total. The molecule has 0 aromatic rings. The Labute approximate surface area is 120 Å². The third kappa shape index (κ3) is 41.7. The summed E-state index contributed by atoms with van der Waals surface area (Å²) in [6.45, 7) is 5.98. The summed E-state index contributed by atoms with van der Waals surface area (Å²) in [6.07, 6.45) is 6.52. The van der Waals surface area contributed by atoms with Crippen molar-refractivity contribution in [2.75, 3.05) is 0 Å². The molecule has 12 heavy (non-hydrogen) atoms. The zero-order valence-corrected chi connectivity index (χ0v) is 11.9. The third-order valence-electron chi connectivity index (χ3n) is 1.10. The minimum atomic E-state index is -2.86. The molecule has 0 aliphatic rings. The second kappa shape index (κ2) is 18.4. The van der Waals surface area contributed by atoms with Gasteiger partial charge in [-0.3, -0.25) is 0 Å². The van der Waals surface area contributed by atoms with Crippen LogP contribution in [0.1, 0.15) is 39.0 Å². The van der Waals surface area contributed by atoms with Gasteiger partial charge in [-0.1, -0.05) is 46.0 Å². The van der Waals surface area contributed by atoms with E-state index in [-0.39, 0.29) is 51.4 Å². The molecule has 0 saturated heterocycles. The molecule has 0 aliphatic heterocycles. The van der Waals surface area contributed by atoms with Gasteiger partial charge in [0.1, 0.15) is 0 Å². The molecule has 0 fully saturated rings. The molecule has 3 nitrogen and oxygen atoms in total. The fraction of sp³-hybridized carbons (Fsp3) is 0.857. The molecule has 69 valence electrons. The van der Waals surface area contributed by atoms with Gasteiger partial charge in [-0.15, -0.1) is 0 Å². The molecule has 0 rings (SSSR count). The summed E-state index contributed by atoms with van der Waals surface area (Å²) in [4.78, 5) is 0. The van der Waals surface area contributed by atoms with Crippen molar-refractivity contribution in [3.63, 3.8) is 0 Å². The number of unbranched alkanes of at least 4 members (excludes halogenated alkanes) is 4. The predicted molar refractivity (Wildman–Crippen MR) is 45.5 cm³/mol. The average Bonchev–Trinajstić information content (AvgIpc) is 1.88. The van der Waals surface area contributed by atoms with Crippen molar-refractivity contribution in [3.8, 4) is 0 Å². The Kier molecular flexibility index (Phi) is 29.3. The Morgan fingerprint density at radius 2 is 1.67 bits per heavy atom. The SMILES string of the molecule is O=[S-](=O)O.[CH2]CCCCCC.[K+]. The van der Waals surface area contributed by atoms with E-state index >= 15 is 0 Å². The van der Waals surface area contributed by atoms with E-state index in [1.54, 1.807) is 0 Å². The van der Waals surface area contributed by atoms with E-state index in [4.69, 9.17) is 13.0 Å². The van der Waals surface area contributed by atoms with Gasteiger partial charge in [0.05, 0.1) is 0 Å². The van der Waals surface area contributed by atoms with Gasteiger partial charge < -0.3 is 13.0 Å². The maximum atomic E-state index is 8.56. The molecule has 0 amide bonds. The Hall–Kier alpha value is 1.55. The summed E-state index contributed by atoms with van der Waals surface area (Å²) in [5.41, 5.74) is 0. The maximum Gasteiger partial charge on any atom is 1.00 e. The van der Waals surface area contributed by atoms with Crippen LogP contribution in [0.5, 0.6) is 0 Å². The van der Waals surface area contributed by atoms with Crippen LogP contribution in [0.25, 0.3) is 0 Å². The Morgan fingerprint density at radius 1 is 1.25 bits per heavy atom. The largest absolute Gasteiger partial charge is 1.00 e. The Bertz CT molecular complexity index is 114. The van der Waals surface area contributed by atoms with Crippen LogP contribution in [0.4, 0.5) is 0 Å². The molecule has 0 aliphatic carbocycles. The smallest absolute Gasteiger partial charge is 0.439 e. The number of hydrogen-bond acceptors (Lipinski definition) is 3.